The second-order valence-electron chi connectivity index (χ2n) is 7.87. The summed E-state index contributed by atoms with van der Waals surface area (Å²) in [5, 5.41) is 19.1. The molecule has 0 aliphatic heterocycles. The molecule has 0 aliphatic rings. The lowest BCUT2D eigenvalue weighted by Gasteiger charge is -2.25. The van der Waals surface area contributed by atoms with Crippen LogP contribution in [0.3, 0.4) is 0 Å². The molecule has 0 saturated carbocycles. The first-order valence-electron chi connectivity index (χ1n) is 10.5. The number of rotatable bonds is 8. The van der Waals surface area contributed by atoms with Crippen LogP contribution in [0.25, 0.3) is 22.6 Å². The van der Waals surface area contributed by atoms with Crippen LogP contribution in [-0.2, 0) is 13.1 Å². The molecule has 0 radical (unpaired) electrons. The van der Waals surface area contributed by atoms with Gasteiger partial charge in [0.1, 0.15) is 0 Å². The largest absolute Gasteiger partial charge is 0.419 e. The Morgan fingerprint density at radius 1 is 0.844 bits per heavy atom. The fourth-order valence-corrected chi connectivity index (χ4v) is 3.42. The smallest absolute Gasteiger partial charge is 0.269 e. The molecule has 3 aromatic carbocycles. The van der Waals surface area contributed by atoms with E-state index in [4.69, 9.17) is 4.42 Å². The Hall–Kier alpha value is -3.84. The fourth-order valence-electron chi connectivity index (χ4n) is 3.42. The van der Waals surface area contributed by atoms with Crippen LogP contribution in [0.4, 0.5) is 5.69 Å². The molecule has 7 nitrogen and oxygen atoms in total. The molecule has 4 rings (SSSR count). The SMILES string of the molecule is CC(C)N(Cc1ccc(-c2ccccc2)cc1)Cc1nnc(-c2ccc([N+](=O)[O-])cc2)o1. The zero-order valence-corrected chi connectivity index (χ0v) is 18.0. The lowest BCUT2D eigenvalue weighted by atomic mass is 10.0. The molecular weight excluding hydrogens is 404 g/mol. The third-order valence-corrected chi connectivity index (χ3v) is 5.31. The van der Waals surface area contributed by atoms with Gasteiger partial charge in [0.05, 0.1) is 11.5 Å². The maximum atomic E-state index is 10.8. The number of nitro benzene ring substituents is 1. The third-order valence-electron chi connectivity index (χ3n) is 5.31. The van der Waals surface area contributed by atoms with E-state index in [0.29, 0.717) is 23.9 Å². The van der Waals surface area contributed by atoms with Crippen molar-refractivity contribution in [3.8, 4) is 22.6 Å². The molecule has 0 saturated heterocycles. The Morgan fingerprint density at radius 3 is 2.09 bits per heavy atom. The summed E-state index contributed by atoms with van der Waals surface area (Å²) < 4.78 is 5.83. The number of hydrogen-bond acceptors (Lipinski definition) is 6. The summed E-state index contributed by atoms with van der Waals surface area (Å²) in [4.78, 5) is 12.6. The van der Waals surface area contributed by atoms with Gasteiger partial charge in [-0.25, -0.2) is 0 Å². The lowest BCUT2D eigenvalue weighted by molar-refractivity contribution is -0.384. The van der Waals surface area contributed by atoms with Crippen LogP contribution in [0.2, 0.25) is 0 Å². The fraction of sp³-hybridized carbons (Fsp3) is 0.200. The van der Waals surface area contributed by atoms with Gasteiger partial charge in [0, 0.05) is 30.3 Å². The Bertz CT molecular complexity index is 1170. The monoisotopic (exact) mass is 428 g/mol. The summed E-state index contributed by atoms with van der Waals surface area (Å²) in [6, 6.07) is 25.2. The lowest BCUT2D eigenvalue weighted by Crippen LogP contribution is -2.30. The second kappa shape index (κ2) is 9.53. The van der Waals surface area contributed by atoms with E-state index in [-0.39, 0.29) is 11.7 Å². The van der Waals surface area contributed by atoms with Gasteiger partial charge in [0.2, 0.25) is 11.8 Å². The zero-order valence-electron chi connectivity index (χ0n) is 18.0. The Balaban J connectivity index is 1.44. The molecule has 32 heavy (non-hydrogen) atoms. The van der Waals surface area contributed by atoms with Gasteiger partial charge in [-0.15, -0.1) is 10.2 Å². The molecule has 4 aromatic rings. The van der Waals surface area contributed by atoms with Crippen LogP contribution in [0.5, 0.6) is 0 Å². The summed E-state index contributed by atoms with van der Waals surface area (Å²) >= 11 is 0. The third kappa shape index (κ3) is 5.07. The average Bonchev–Trinajstić information content (AvgIpc) is 3.28. The van der Waals surface area contributed by atoms with Crippen LogP contribution in [0, 0.1) is 10.1 Å². The summed E-state index contributed by atoms with van der Waals surface area (Å²) in [5.74, 6) is 0.860. The van der Waals surface area contributed by atoms with Crippen LogP contribution in [-0.4, -0.2) is 26.1 Å². The molecule has 0 unspecified atom stereocenters. The molecular formula is C25H24N4O3. The number of non-ortho nitro benzene ring substituents is 1. The van der Waals surface area contributed by atoms with Crippen molar-refractivity contribution in [3.63, 3.8) is 0 Å². The summed E-state index contributed by atoms with van der Waals surface area (Å²) in [7, 11) is 0. The minimum atomic E-state index is -0.435. The molecule has 1 heterocycles. The van der Waals surface area contributed by atoms with E-state index < -0.39 is 4.92 Å². The predicted octanol–water partition coefficient (Wildman–Crippen LogP) is 5.72. The van der Waals surface area contributed by atoms with Crippen molar-refractivity contribution in [2.45, 2.75) is 33.0 Å². The highest BCUT2D eigenvalue weighted by Crippen LogP contribution is 2.23. The number of benzene rings is 3. The van der Waals surface area contributed by atoms with Gasteiger partial charge in [0.15, 0.2) is 0 Å². The van der Waals surface area contributed by atoms with Crippen molar-refractivity contribution in [1.82, 2.24) is 15.1 Å². The van der Waals surface area contributed by atoms with E-state index in [2.05, 4.69) is 65.3 Å². The van der Waals surface area contributed by atoms with Crippen LogP contribution in [0.15, 0.2) is 83.3 Å². The quantitative estimate of drug-likeness (QED) is 0.263. The normalized spacial score (nSPS) is 11.2. The minimum absolute atomic E-state index is 0.0257. The highest BCUT2D eigenvalue weighted by Gasteiger charge is 2.17. The Kier molecular flexibility index (Phi) is 6.37. The Morgan fingerprint density at radius 2 is 1.47 bits per heavy atom. The highest BCUT2D eigenvalue weighted by molar-refractivity contribution is 5.63. The molecule has 0 atom stereocenters. The molecule has 0 fully saturated rings. The zero-order chi connectivity index (χ0) is 22.5. The first-order chi connectivity index (χ1) is 15.5. The van der Waals surface area contributed by atoms with Crippen molar-refractivity contribution >= 4 is 5.69 Å². The summed E-state index contributed by atoms with van der Waals surface area (Å²) in [6.07, 6.45) is 0. The maximum Gasteiger partial charge on any atom is 0.269 e. The van der Waals surface area contributed by atoms with E-state index in [1.54, 1.807) is 12.1 Å². The molecule has 0 aliphatic carbocycles. The Labute approximate surface area is 186 Å². The molecule has 7 heteroatoms. The second-order valence-corrected chi connectivity index (χ2v) is 7.87. The summed E-state index contributed by atoms with van der Waals surface area (Å²) in [5.41, 5.74) is 4.27. The van der Waals surface area contributed by atoms with E-state index in [1.807, 2.05) is 18.2 Å². The number of hydrogen-bond donors (Lipinski definition) is 0. The van der Waals surface area contributed by atoms with Gasteiger partial charge in [-0.3, -0.25) is 15.0 Å². The molecule has 162 valence electrons. The van der Waals surface area contributed by atoms with Crippen LogP contribution in [0.1, 0.15) is 25.3 Å². The van der Waals surface area contributed by atoms with Gasteiger partial charge in [0.25, 0.3) is 5.69 Å². The van der Waals surface area contributed by atoms with E-state index in [9.17, 15) is 10.1 Å². The van der Waals surface area contributed by atoms with Gasteiger partial charge in [-0.05, 0) is 42.7 Å². The van der Waals surface area contributed by atoms with Crippen molar-refractivity contribution in [3.05, 3.63) is 100 Å². The first kappa shape index (κ1) is 21.4. The van der Waals surface area contributed by atoms with Crippen molar-refractivity contribution < 1.29 is 9.34 Å². The maximum absolute atomic E-state index is 10.8. The van der Waals surface area contributed by atoms with Crippen molar-refractivity contribution in [1.29, 1.82) is 0 Å². The first-order valence-corrected chi connectivity index (χ1v) is 10.5. The predicted molar refractivity (Wildman–Crippen MR) is 123 cm³/mol. The average molecular weight is 428 g/mol. The summed E-state index contributed by atoms with van der Waals surface area (Å²) in [6.45, 7) is 5.53. The number of aromatic nitrogens is 2. The van der Waals surface area contributed by atoms with Gasteiger partial charge < -0.3 is 4.42 Å². The molecule has 0 spiro atoms. The molecule has 0 amide bonds. The van der Waals surface area contributed by atoms with Gasteiger partial charge in [-0.2, -0.15) is 0 Å². The van der Waals surface area contributed by atoms with Crippen molar-refractivity contribution in [2.24, 2.45) is 0 Å². The number of nitro groups is 1. The van der Waals surface area contributed by atoms with Crippen molar-refractivity contribution in [2.75, 3.05) is 0 Å². The van der Waals surface area contributed by atoms with Crippen LogP contribution >= 0.6 is 0 Å². The highest BCUT2D eigenvalue weighted by atomic mass is 16.6. The number of nitrogens with zero attached hydrogens (tertiary/aromatic N) is 4. The molecule has 0 bridgehead atoms. The van der Waals surface area contributed by atoms with E-state index in [1.165, 1.54) is 28.8 Å². The minimum Gasteiger partial charge on any atom is -0.419 e. The molecule has 1 aromatic heterocycles. The topological polar surface area (TPSA) is 85.3 Å². The van der Waals surface area contributed by atoms with E-state index in [0.717, 1.165) is 6.54 Å². The van der Waals surface area contributed by atoms with Gasteiger partial charge >= 0.3 is 0 Å². The van der Waals surface area contributed by atoms with Crippen LogP contribution < -0.4 is 0 Å². The standard InChI is InChI=1S/C25H24N4O3/c1-18(2)28(16-19-8-10-21(11-9-19)20-6-4-3-5-7-20)17-24-26-27-25(32-24)22-12-14-23(15-13-22)29(30)31/h3-15,18H,16-17H2,1-2H3. The van der Waals surface area contributed by atoms with Gasteiger partial charge in [-0.1, -0.05) is 54.6 Å². The van der Waals surface area contributed by atoms with E-state index >= 15 is 0 Å². The molecule has 0 N–H and O–H groups in total.